The molecular weight excluding hydrogens is 441 g/mol. The minimum absolute atomic E-state index is 0.0257. The number of methoxy groups -OCH3 is 1. The zero-order valence-electron chi connectivity index (χ0n) is 16.8. The van der Waals surface area contributed by atoms with Crippen LogP contribution in [0.1, 0.15) is 35.5 Å². The van der Waals surface area contributed by atoms with E-state index in [4.69, 9.17) is 32.4 Å². The molecule has 1 atom stereocenters. The van der Waals surface area contributed by atoms with Gasteiger partial charge in [0.1, 0.15) is 0 Å². The number of benzene rings is 2. The molecule has 1 aromatic heterocycles. The topological polar surface area (TPSA) is 80.0 Å². The maximum absolute atomic E-state index is 13.5. The summed E-state index contributed by atoms with van der Waals surface area (Å²) in [6.45, 7) is 2.29. The highest BCUT2D eigenvalue weighted by Gasteiger charge is 2.44. The summed E-state index contributed by atoms with van der Waals surface area (Å²) in [5, 5.41) is 12.2. The number of furan rings is 1. The quantitative estimate of drug-likeness (QED) is 0.475. The van der Waals surface area contributed by atoms with Crippen molar-refractivity contribution < 1.29 is 23.8 Å². The molecule has 160 valence electrons. The zero-order chi connectivity index (χ0) is 22.3. The molecule has 0 spiro atoms. The molecule has 1 unspecified atom stereocenters. The first-order chi connectivity index (χ1) is 14.8. The van der Waals surface area contributed by atoms with Crippen LogP contribution in [0.3, 0.4) is 0 Å². The molecule has 1 aliphatic rings. The highest BCUT2D eigenvalue weighted by Crippen LogP contribution is 2.41. The van der Waals surface area contributed by atoms with Crippen molar-refractivity contribution in [3.8, 4) is 5.75 Å². The Hall–Kier alpha value is -2.96. The van der Waals surface area contributed by atoms with Crippen LogP contribution < -0.4 is 4.74 Å². The number of carbonyl (C=O) groups is 2. The Morgan fingerprint density at radius 3 is 2.52 bits per heavy atom. The van der Waals surface area contributed by atoms with E-state index in [1.165, 1.54) is 18.1 Å². The SMILES string of the molecule is CCCN1C(=O)C(O)=C(C(=O)c2cc3cc(Cl)cc(OC)c3o2)C1c1ccc(Cl)cc1. The van der Waals surface area contributed by atoms with Crippen LogP contribution in [0.5, 0.6) is 5.75 Å². The standard InChI is InChI=1S/C23H19Cl2NO5/c1-3-8-26-19(12-4-6-14(24)7-5-12)18(21(28)23(26)29)20(27)16-10-13-9-15(25)11-17(30-2)22(13)31-16/h4-7,9-11,19,28H,3,8H2,1-2H3. The van der Waals surface area contributed by atoms with Gasteiger partial charge in [-0.2, -0.15) is 0 Å². The lowest BCUT2D eigenvalue weighted by Crippen LogP contribution is -2.31. The van der Waals surface area contributed by atoms with E-state index in [0.29, 0.717) is 45.3 Å². The van der Waals surface area contributed by atoms with Gasteiger partial charge in [-0.15, -0.1) is 0 Å². The van der Waals surface area contributed by atoms with E-state index in [1.54, 1.807) is 36.4 Å². The average Bonchev–Trinajstić information content (AvgIpc) is 3.28. The second kappa shape index (κ2) is 8.29. The molecular formula is C23H19Cl2NO5. The van der Waals surface area contributed by atoms with Crippen molar-refractivity contribution in [3.05, 3.63) is 75.2 Å². The summed E-state index contributed by atoms with van der Waals surface area (Å²) < 4.78 is 11.1. The predicted octanol–water partition coefficient (Wildman–Crippen LogP) is 5.74. The van der Waals surface area contributed by atoms with Gasteiger partial charge in [0.15, 0.2) is 22.9 Å². The summed E-state index contributed by atoms with van der Waals surface area (Å²) in [5.41, 5.74) is 0.980. The van der Waals surface area contributed by atoms with Gasteiger partial charge in [0.05, 0.1) is 18.7 Å². The van der Waals surface area contributed by atoms with Crippen molar-refractivity contribution >= 4 is 45.9 Å². The molecule has 0 saturated carbocycles. The molecule has 31 heavy (non-hydrogen) atoms. The Bertz CT molecular complexity index is 1210. The lowest BCUT2D eigenvalue weighted by molar-refractivity contribution is -0.129. The first-order valence-electron chi connectivity index (χ1n) is 9.67. The Balaban J connectivity index is 1.83. The number of fused-ring (bicyclic) bond motifs is 1. The molecule has 6 nitrogen and oxygen atoms in total. The number of carbonyl (C=O) groups excluding carboxylic acids is 2. The van der Waals surface area contributed by atoms with E-state index < -0.39 is 23.5 Å². The van der Waals surface area contributed by atoms with Crippen LogP contribution in [0.4, 0.5) is 0 Å². The van der Waals surface area contributed by atoms with Crippen LogP contribution in [0.15, 0.2) is 58.2 Å². The Labute approximate surface area is 188 Å². The maximum Gasteiger partial charge on any atom is 0.290 e. The molecule has 3 aromatic rings. The maximum atomic E-state index is 13.5. The number of hydrogen-bond donors (Lipinski definition) is 1. The third-order valence-electron chi connectivity index (χ3n) is 5.19. The Morgan fingerprint density at radius 2 is 1.87 bits per heavy atom. The highest BCUT2D eigenvalue weighted by molar-refractivity contribution is 6.31. The second-order valence-corrected chi connectivity index (χ2v) is 8.05. The lowest BCUT2D eigenvalue weighted by Gasteiger charge is -2.26. The largest absolute Gasteiger partial charge is 0.503 e. The number of aliphatic hydroxyl groups is 1. The molecule has 1 N–H and O–H groups in total. The summed E-state index contributed by atoms with van der Waals surface area (Å²) >= 11 is 12.1. The van der Waals surface area contributed by atoms with Crippen LogP contribution >= 0.6 is 23.2 Å². The number of rotatable bonds is 6. The summed E-state index contributed by atoms with van der Waals surface area (Å²) in [5.74, 6) is -1.41. The van der Waals surface area contributed by atoms with Crippen LogP contribution in [-0.2, 0) is 4.79 Å². The Morgan fingerprint density at radius 1 is 1.16 bits per heavy atom. The number of nitrogens with zero attached hydrogens (tertiary/aromatic N) is 1. The van der Waals surface area contributed by atoms with E-state index in [-0.39, 0.29) is 11.3 Å². The van der Waals surface area contributed by atoms with Gasteiger partial charge in [-0.3, -0.25) is 9.59 Å². The second-order valence-electron chi connectivity index (χ2n) is 7.18. The number of amides is 1. The summed E-state index contributed by atoms with van der Waals surface area (Å²) in [7, 11) is 1.47. The van der Waals surface area contributed by atoms with Crippen molar-refractivity contribution in [1.29, 1.82) is 0 Å². The number of hydrogen-bond acceptors (Lipinski definition) is 5. The Kier molecular flexibility index (Phi) is 5.69. The van der Waals surface area contributed by atoms with Gasteiger partial charge < -0.3 is 19.2 Å². The van der Waals surface area contributed by atoms with Crippen LogP contribution in [0.2, 0.25) is 10.0 Å². The van der Waals surface area contributed by atoms with Crippen LogP contribution in [-0.4, -0.2) is 35.4 Å². The minimum Gasteiger partial charge on any atom is -0.503 e. The van der Waals surface area contributed by atoms with Gasteiger partial charge in [0, 0.05) is 28.0 Å². The molecule has 1 aliphatic heterocycles. The number of aliphatic hydroxyl groups excluding tert-OH is 1. The zero-order valence-corrected chi connectivity index (χ0v) is 18.3. The third kappa shape index (κ3) is 3.66. The summed E-state index contributed by atoms with van der Waals surface area (Å²) in [4.78, 5) is 27.7. The molecule has 8 heteroatoms. The molecule has 0 aliphatic carbocycles. The van der Waals surface area contributed by atoms with Gasteiger partial charge in [-0.05, 0) is 36.2 Å². The minimum atomic E-state index is -0.754. The van der Waals surface area contributed by atoms with Gasteiger partial charge >= 0.3 is 0 Å². The smallest absolute Gasteiger partial charge is 0.290 e. The predicted molar refractivity (Wildman–Crippen MR) is 118 cm³/mol. The van der Waals surface area contributed by atoms with Crippen molar-refractivity contribution in [2.24, 2.45) is 0 Å². The first-order valence-corrected chi connectivity index (χ1v) is 10.4. The fourth-order valence-electron chi connectivity index (χ4n) is 3.83. The van der Waals surface area contributed by atoms with Crippen molar-refractivity contribution in [2.45, 2.75) is 19.4 Å². The van der Waals surface area contributed by atoms with Crippen molar-refractivity contribution in [2.75, 3.05) is 13.7 Å². The van der Waals surface area contributed by atoms with E-state index in [2.05, 4.69) is 0 Å². The van der Waals surface area contributed by atoms with E-state index in [1.807, 2.05) is 6.92 Å². The summed E-state index contributed by atoms with van der Waals surface area (Å²) in [6, 6.07) is 10.8. The number of Topliss-reactive ketones (excluding diaryl/α,β-unsaturated/α-hetero) is 1. The van der Waals surface area contributed by atoms with Crippen LogP contribution in [0.25, 0.3) is 11.0 Å². The number of ketones is 1. The van der Waals surface area contributed by atoms with E-state index >= 15 is 0 Å². The van der Waals surface area contributed by atoms with Crippen molar-refractivity contribution in [3.63, 3.8) is 0 Å². The van der Waals surface area contributed by atoms with Crippen LogP contribution in [0, 0.1) is 0 Å². The first kappa shape index (κ1) is 21.3. The number of halogens is 2. The molecule has 0 saturated heterocycles. The molecule has 2 heterocycles. The monoisotopic (exact) mass is 459 g/mol. The molecule has 0 radical (unpaired) electrons. The fourth-order valence-corrected chi connectivity index (χ4v) is 4.17. The van der Waals surface area contributed by atoms with Crippen molar-refractivity contribution in [1.82, 2.24) is 4.90 Å². The van der Waals surface area contributed by atoms with Gasteiger partial charge in [0.25, 0.3) is 5.91 Å². The average molecular weight is 460 g/mol. The van der Waals surface area contributed by atoms with Gasteiger partial charge in [-0.1, -0.05) is 42.3 Å². The normalized spacial score (nSPS) is 16.5. The molecule has 1 amide bonds. The summed E-state index contributed by atoms with van der Waals surface area (Å²) in [6.07, 6.45) is 0.658. The highest BCUT2D eigenvalue weighted by atomic mass is 35.5. The van der Waals surface area contributed by atoms with E-state index in [0.717, 1.165) is 0 Å². The third-order valence-corrected chi connectivity index (χ3v) is 5.66. The lowest BCUT2D eigenvalue weighted by atomic mass is 9.95. The molecule has 0 bridgehead atoms. The molecule has 2 aromatic carbocycles. The fraction of sp³-hybridized carbons (Fsp3) is 0.217. The number of ether oxygens (including phenoxy) is 1. The van der Waals surface area contributed by atoms with Gasteiger partial charge in [0.2, 0.25) is 5.78 Å². The van der Waals surface area contributed by atoms with Gasteiger partial charge in [-0.25, -0.2) is 0 Å². The molecule has 0 fully saturated rings. The molecule has 4 rings (SSSR count). The van der Waals surface area contributed by atoms with E-state index in [9.17, 15) is 14.7 Å².